The van der Waals surface area contributed by atoms with Crippen molar-refractivity contribution in [2.24, 2.45) is 5.92 Å². The standard InChI is InChI=1S/C30H36ClFN4O2S/c1-34-26-20-22(10-11-27(26)39-28(30(34)38)19-21-6-4-7-23(31)18-21)29(37)33-12-5-13-35-14-16-36(17-15-35)25-9-3-2-8-24(25)32/h2-4,6-9,18-19,22,26-27H,5,10-17,20H2,1H3,(H,33,37)/b28-19-. The average molecular weight is 571 g/mol. The van der Waals surface area contributed by atoms with Crippen LogP contribution < -0.4 is 10.2 Å². The van der Waals surface area contributed by atoms with Crippen molar-refractivity contribution in [1.82, 2.24) is 15.1 Å². The Labute approximate surface area is 239 Å². The number of amides is 2. The number of carbonyl (C=O) groups excluding carboxylic acids is 2. The number of anilines is 1. The smallest absolute Gasteiger partial charge is 0.260 e. The molecule has 0 aromatic heterocycles. The number of nitrogens with zero attached hydrogens (tertiary/aromatic N) is 3. The van der Waals surface area contributed by atoms with Gasteiger partial charge in [-0.05, 0) is 68.1 Å². The minimum atomic E-state index is -0.167. The Balaban J connectivity index is 1.05. The van der Waals surface area contributed by atoms with Crippen LogP contribution >= 0.6 is 23.4 Å². The van der Waals surface area contributed by atoms with Crippen LogP contribution in [0.25, 0.3) is 6.08 Å². The predicted octanol–water partition coefficient (Wildman–Crippen LogP) is 4.89. The molecular formula is C30H36ClFN4O2S. The lowest BCUT2D eigenvalue weighted by atomic mass is 9.83. The summed E-state index contributed by atoms with van der Waals surface area (Å²) in [6.07, 6.45) is 5.25. The van der Waals surface area contributed by atoms with Crippen LogP contribution in [0.2, 0.25) is 5.02 Å². The van der Waals surface area contributed by atoms with Crippen molar-refractivity contribution in [3.8, 4) is 0 Å². The number of nitrogens with one attached hydrogen (secondary N) is 1. The lowest BCUT2D eigenvalue weighted by Gasteiger charge is -2.44. The third-order valence-electron chi connectivity index (χ3n) is 8.09. The minimum Gasteiger partial charge on any atom is -0.367 e. The highest BCUT2D eigenvalue weighted by molar-refractivity contribution is 8.04. The summed E-state index contributed by atoms with van der Waals surface area (Å²) in [4.78, 5) is 33.1. The van der Waals surface area contributed by atoms with E-state index < -0.39 is 0 Å². The number of thioether (sulfide) groups is 1. The molecule has 9 heteroatoms. The summed E-state index contributed by atoms with van der Waals surface area (Å²) < 4.78 is 14.1. The first-order valence-electron chi connectivity index (χ1n) is 13.8. The highest BCUT2D eigenvalue weighted by Crippen LogP contribution is 2.43. The summed E-state index contributed by atoms with van der Waals surface area (Å²) in [6.45, 7) is 4.94. The second-order valence-corrected chi connectivity index (χ2v) is 12.4. The molecule has 2 amide bonds. The van der Waals surface area contributed by atoms with Crippen LogP contribution in [0.5, 0.6) is 0 Å². The Morgan fingerprint density at radius 2 is 1.92 bits per heavy atom. The number of piperazine rings is 1. The molecule has 2 aliphatic heterocycles. The van der Waals surface area contributed by atoms with Crippen molar-refractivity contribution in [1.29, 1.82) is 0 Å². The van der Waals surface area contributed by atoms with Crippen molar-refractivity contribution in [3.63, 3.8) is 0 Å². The Bertz CT molecular complexity index is 1220. The van der Waals surface area contributed by atoms with Gasteiger partial charge in [-0.25, -0.2) is 4.39 Å². The fourth-order valence-electron chi connectivity index (χ4n) is 5.86. The van der Waals surface area contributed by atoms with E-state index in [4.69, 9.17) is 11.6 Å². The van der Waals surface area contributed by atoms with E-state index in [-0.39, 0.29) is 29.6 Å². The molecule has 2 heterocycles. The van der Waals surface area contributed by atoms with Gasteiger partial charge in [0.2, 0.25) is 5.91 Å². The number of carbonyl (C=O) groups is 2. The van der Waals surface area contributed by atoms with Crippen LogP contribution in [0, 0.1) is 11.7 Å². The van der Waals surface area contributed by atoms with Crippen LogP contribution in [-0.2, 0) is 9.59 Å². The van der Waals surface area contributed by atoms with Gasteiger partial charge in [-0.15, -0.1) is 11.8 Å². The molecule has 3 atom stereocenters. The molecule has 0 radical (unpaired) electrons. The number of halogens is 2. The second-order valence-electron chi connectivity index (χ2n) is 10.6. The number of fused-ring (bicyclic) bond motifs is 1. The first-order chi connectivity index (χ1) is 18.9. The second kappa shape index (κ2) is 12.7. The third kappa shape index (κ3) is 6.79. The zero-order valence-electron chi connectivity index (χ0n) is 22.3. The fourth-order valence-corrected chi connectivity index (χ4v) is 7.54. The van der Waals surface area contributed by atoms with Crippen LogP contribution in [-0.4, -0.2) is 79.2 Å². The van der Waals surface area contributed by atoms with Gasteiger partial charge in [-0.1, -0.05) is 35.9 Å². The molecular weight excluding hydrogens is 535 g/mol. The van der Waals surface area contributed by atoms with Gasteiger partial charge in [-0.3, -0.25) is 14.5 Å². The van der Waals surface area contributed by atoms with Gasteiger partial charge in [0.1, 0.15) is 5.82 Å². The third-order valence-corrected chi connectivity index (χ3v) is 9.73. The largest absolute Gasteiger partial charge is 0.367 e. The maximum absolute atomic E-state index is 14.1. The van der Waals surface area contributed by atoms with Crippen molar-refractivity contribution >= 4 is 46.9 Å². The van der Waals surface area contributed by atoms with Gasteiger partial charge in [-0.2, -0.15) is 0 Å². The summed E-state index contributed by atoms with van der Waals surface area (Å²) in [5, 5.41) is 4.09. The zero-order valence-corrected chi connectivity index (χ0v) is 23.9. The van der Waals surface area contributed by atoms with Gasteiger partial charge in [0.05, 0.1) is 10.6 Å². The SMILES string of the molecule is CN1C(=O)/C(=C/c2cccc(Cl)c2)SC2CCC(C(=O)NCCCN3CCN(c4ccccc4F)CC3)CC21. The molecule has 3 fully saturated rings. The molecule has 39 heavy (non-hydrogen) atoms. The van der Waals surface area contributed by atoms with E-state index in [0.29, 0.717) is 28.9 Å². The average Bonchev–Trinajstić information content (AvgIpc) is 2.94. The fraction of sp³-hybridized carbons (Fsp3) is 0.467. The van der Waals surface area contributed by atoms with Crippen molar-refractivity contribution in [3.05, 3.63) is 69.8 Å². The molecule has 1 aliphatic carbocycles. The van der Waals surface area contributed by atoms with E-state index in [0.717, 1.165) is 62.5 Å². The lowest BCUT2D eigenvalue weighted by molar-refractivity contribution is -0.131. The van der Waals surface area contributed by atoms with Crippen molar-refractivity contribution < 1.29 is 14.0 Å². The number of hydrogen-bond donors (Lipinski definition) is 1. The molecule has 6 nitrogen and oxygen atoms in total. The zero-order chi connectivity index (χ0) is 27.4. The molecule has 1 N–H and O–H groups in total. The van der Waals surface area contributed by atoms with E-state index in [1.54, 1.807) is 17.8 Å². The molecule has 2 aromatic rings. The topological polar surface area (TPSA) is 55.9 Å². The van der Waals surface area contributed by atoms with Gasteiger partial charge >= 0.3 is 0 Å². The predicted molar refractivity (Wildman–Crippen MR) is 157 cm³/mol. The first-order valence-corrected chi connectivity index (χ1v) is 15.1. The Morgan fingerprint density at radius 3 is 2.69 bits per heavy atom. The summed E-state index contributed by atoms with van der Waals surface area (Å²) >= 11 is 7.76. The van der Waals surface area contributed by atoms with E-state index in [1.807, 2.05) is 54.4 Å². The first kappa shape index (κ1) is 28.0. The van der Waals surface area contributed by atoms with E-state index in [2.05, 4.69) is 15.1 Å². The van der Waals surface area contributed by atoms with Gasteiger partial charge in [0.15, 0.2) is 0 Å². The molecule has 3 aliphatic rings. The molecule has 0 bridgehead atoms. The van der Waals surface area contributed by atoms with Gasteiger partial charge in [0.25, 0.3) is 5.91 Å². The van der Waals surface area contributed by atoms with Gasteiger partial charge in [0, 0.05) is 62.0 Å². The number of para-hydroxylation sites is 1. The quantitative estimate of drug-likeness (QED) is 0.379. The van der Waals surface area contributed by atoms with E-state index in [1.165, 1.54) is 6.07 Å². The number of likely N-dealkylation sites (N-methyl/N-ethyl adjacent to an activating group) is 1. The maximum atomic E-state index is 14.1. The number of rotatable bonds is 7. The Kier molecular flexibility index (Phi) is 9.15. The Morgan fingerprint density at radius 1 is 1.13 bits per heavy atom. The highest BCUT2D eigenvalue weighted by atomic mass is 35.5. The van der Waals surface area contributed by atoms with Gasteiger partial charge < -0.3 is 15.1 Å². The van der Waals surface area contributed by atoms with E-state index in [9.17, 15) is 14.0 Å². The molecule has 2 aromatic carbocycles. The Hall–Kier alpha value is -2.55. The molecule has 2 saturated heterocycles. The van der Waals surface area contributed by atoms with Crippen LogP contribution in [0.1, 0.15) is 31.2 Å². The van der Waals surface area contributed by atoms with Crippen molar-refractivity contribution in [2.45, 2.75) is 37.0 Å². The highest BCUT2D eigenvalue weighted by Gasteiger charge is 2.42. The molecule has 0 spiro atoms. The summed E-state index contributed by atoms with van der Waals surface area (Å²) in [7, 11) is 1.86. The molecule has 5 rings (SSSR count). The van der Waals surface area contributed by atoms with Crippen LogP contribution in [0.15, 0.2) is 53.4 Å². The van der Waals surface area contributed by atoms with E-state index >= 15 is 0 Å². The maximum Gasteiger partial charge on any atom is 0.260 e. The number of hydrogen-bond acceptors (Lipinski definition) is 5. The minimum absolute atomic E-state index is 0.0115. The van der Waals surface area contributed by atoms with Crippen LogP contribution in [0.3, 0.4) is 0 Å². The summed E-state index contributed by atoms with van der Waals surface area (Å²) in [5.41, 5.74) is 1.60. The van der Waals surface area contributed by atoms with Crippen molar-refractivity contribution in [2.75, 3.05) is 51.2 Å². The normalized spacial score (nSPS) is 25.1. The van der Waals surface area contributed by atoms with Crippen LogP contribution in [0.4, 0.5) is 10.1 Å². The monoisotopic (exact) mass is 570 g/mol. The number of benzene rings is 2. The molecule has 208 valence electrons. The summed E-state index contributed by atoms with van der Waals surface area (Å²) in [6, 6.07) is 14.5. The molecule has 3 unspecified atom stereocenters. The molecule has 1 saturated carbocycles. The lowest BCUT2D eigenvalue weighted by Crippen LogP contribution is -2.52. The summed E-state index contributed by atoms with van der Waals surface area (Å²) in [5.74, 6) is -0.120.